The third kappa shape index (κ3) is 3.39. The second-order valence-corrected chi connectivity index (χ2v) is 3.70. The Morgan fingerprint density at radius 3 is 2.73 bits per heavy atom. The van der Waals surface area contributed by atoms with E-state index in [4.69, 9.17) is 10.5 Å². The lowest BCUT2D eigenvalue weighted by molar-refractivity contribution is -0.877. The molecule has 80 valence electrons. The van der Waals surface area contributed by atoms with Crippen molar-refractivity contribution >= 4 is 0 Å². The normalized spacial score (nSPS) is 20.2. The summed E-state index contributed by atoms with van der Waals surface area (Å²) in [6.45, 7) is -1.37. The SMILES string of the molecule is [2H]C([2H])([2H])[N+]([O-])(CC#C)[C@H](C)Cc1ccccc1. The topological polar surface area (TPSA) is 23.1 Å². The van der Waals surface area contributed by atoms with Crippen LogP contribution in [0.3, 0.4) is 0 Å². The fourth-order valence-corrected chi connectivity index (χ4v) is 1.39. The van der Waals surface area contributed by atoms with Crippen molar-refractivity contribution in [1.29, 1.82) is 0 Å². The molecular formula is C13H17NO. The van der Waals surface area contributed by atoms with Crippen LogP contribution in [0.25, 0.3) is 0 Å². The van der Waals surface area contributed by atoms with Gasteiger partial charge in [-0.15, -0.1) is 6.42 Å². The van der Waals surface area contributed by atoms with Gasteiger partial charge >= 0.3 is 0 Å². The van der Waals surface area contributed by atoms with Crippen LogP contribution in [0, 0.1) is 17.6 Å². The van der Waals surface area contributed by atoms with E-state index in [1.807, 2.05) is 30.3 Å². The molecule has 0 bridgehead atoms. The van der Waals surface area contributed by atoms with E-state index in [0.29, 0.717) is 6.42 Å². The van der Waals surface area contributed by atoms with E-state index in [9.17, 15) is 5.21 Å². The first-order valence-corrected chi connectivity index (χ1v) is 4.87. The smallest absolute Gasteiger partial charge is 0.140 e. The minimum Gasteiger partial charge on any atom is -0.632 e. The van der Waals surface area contributed by atoms with Crippen LogP contribution < -0.4 is 0 Å². The Bertz CT molecular complexity index is 424. The fraction of sp³-hybridized carbons (Fsp3) is 0.385. The minimum atomic E-state index is -2.65. The maximum absolute atomic E-state index is 12.5. The zero-order valence-electron chi connectivity index (χ0n) is 11.8. The van der Waals surface area contributed by atoms with Crippen molar-refractivity contribution in [2.24, 2.45) is 0 Å². The average molecular weight is 206 g/mol. The van der Waals surface area contributed by atoms with Crippen LogP contribution in [-0.2, 0) is 6.42 Å². The van der Waals surface area contributed by atoms with Gasteiger partial charge in [0.25, 0.3) is 0 Å². The number of rotatable bonds is 4. The lowest BCUT2D eigenvalue weighted by Gasteiger charge is -2.42. The predicted octanol–water partition coefficient (Wildman–Crippen LogP) is 2.20. The number of terminal acetylenes is 1. The third-order valence-corrected chi connectivity index (χ3v) is 2.41. The van der Waals surface area contributed by atoms with E-state index in [1.54, 1.807) is 6.92 Å². The summed E-state index contributed by atoms with van der Waals surface area (Å²) in [6.07, 6.45) is 5.52. The largest absolute Gasteiger partial charge is 0.632 e. The Labute approximate surface area is 95.9 Å². The molecule has 2 nitrogen and oxygen atoms in total. The maximum Gasteiger partial charge on any atom is 0.140 e. The van der Waals surface area contributed by atoms with Gasteiger partial charge in [0.2, 0.25) is 0 Å². The van der Waals surface area contributed by atoms with Gasteiger partial charge in [0, 0.05) is 6.42 Å². The zero-order chi connectivity index (χ0) is 13.8. The molecular weight excluding hydrogens is 186 g/mol. The number of hydroxylamine groups is 3. The van der Waals surface area contributed by atoms with Crippen molar-refractivity contribution in [3.05, 3.63) is 41.1 Å². The van der Waals surface area contributed by atoms with E-state index in [0.717, 1.165) is 5.56 Å². The standard InChI is InChI=1S/C13H17NO/c1-4-10-14(3,15)12(2)11-13-8-6-5-7-9-13/h1,5-9,12H,10-11H2,2-3H3/t12-,14?/m1/s1/i3D3. The van der Waals surface area contributed by atoms with E-state index in [2.05, 4.69) is 5.92 Å². The summed E-state index contributed by atoms with van der Waals surface area (Å²) in [5, 5.41) is 12.5. The van der Waals surface area contributed by atoms with Crippen molar-refractivity contribution in [2.45, 2.75) is 19.4 Å². The number of quaternary nitrogens is 1. The summed E-state index contributed by atoms with van der Waals surface area (Å²) in [5.41, 5.74) is 0.935. The van der Waals surface area contributed by atoms with Gasteiger partial charge in [0.05, 0.1) is 17.1 Å². The molecule has 0 fully saturated rings. The summed E-state index contributed by atoms with van der Waals surface area (Å²) in [4.78, 5) is 0. The Morgan fingerprint density at radius 2 is 2.20 bits per heavy atom. The van der Waals surface area contributed by atoms with Crippen molar-refractivity contribution in [3.8, 4) is 12.3 Å². The van der Waals surface area contributed by atoms with Crippen LogP contribution >= 0.6 is 0 Å². The molecule has 2 heteroatoms. The lowest BCUT2D eigenvalue weighted by Crippen LogP contribution is -2.46. The number of nitrogens with zero attached hydrogens (tertiary/aromatic N) is 1. The average Bonchev–Trinajstić information content (AvgIpc) is 2.29. The molecule has 2 atom stereocenters. The summed E-state index contributed by atoms with van der Waals surface area (Å²) in [6, 6.07) is 8.72. The first-order chi connectivity index (χ1) is 8.31. The molecule has 0 aliphatic rings. The van der Waals surface area contributed by atoms with Gasteiger partial charge in [-0.25, -0.2) is 0 Å². The minimum absolute atomic E-state index is 0.343. The lowest BCUT2D eigenvalue weighted by atomic mass is 10.1. The van der Waals surface area contributed by atoms with Crippen LogP contribution in [0.5, 0.6) is 0 Å². The zero-order valence-corrected chi connectivity index (χ0v) is 8.81. The van der Waals surface area contributed by atoms with Crippen LogP contribution in [0.1, 0.15) is 16.6 Å². The summed E-state index contributed by atoms with van der Waals surface area (Å²) in [5.74, 6) is 2.18. The molecule has 0 spiro atoms. The quantitative estimate of drug-likeness (QED) is 0.421. The molecule has 0 saturated carbocycles. The van der Waals surface area contributed by atoms with E-state index in [-0.39, 0.29) is 6.54 Å². The molecule has 0 aromatic heterocycles. The van der Waals surface area contributed by atoms with Crippen LogP contribution in [0.2, 0.25) is 0 Å². The van der Waals surface area contributed by atoms with Gasteiger partial charge in [-0.2, -0.15) is 0 Å². The van der Waals surface area contributed by atoms with Crippen LogP contribution in [0.15, 0.2) is 30.3 Å². The van der Waals surface area contributed by atoms with Gasteiger partial charge in [-0.1, -0.05) is 30.3 Å². The van der Waals surface area contributed by atoms with Gasteiger partial charge in [0.1, 0.15) is 6.54 Å². The molecule has 1 unspecified atom stereocenters. The Balaban J connectivity index is 2.92. The van der Waals surface area contributed by atoms with Gasteiger partial charge in [-0.3, -0.25) is 0 Å². The fourth-order valence-electron chi connectivity index (χ4n) is 1.39. The number of likely N-dealkylation sites (N-methyl/N-ethyl adjacent to an activating group) is 1. The predicted molar refractivity (Wildman–Crippen MR) is 62.9 cm³/mol. The first kappa shape index (κ1) is 7.92. The van der Waals surface area contributed by atoms with Crippen molar-refractivity contribution in [2.75, 3.05) is 13.5 Å². The monoisotopic (exact) mass is 206 g/mol. The highest BCUT2D eigenvalue weighted by Gasteiger charge is 2.18. The number of benzene rings is 1. The molecule has 0 saturated heterocycles. The molecule has 0 aliphatic carbocycles. The summed E-state index contributed by atoms with van der Waals surface area (Å²) < 4.78 is 20.8. The van der Waals surface area contributed by atoms with E-state index < -0.39 is 17.7 Å². The highest BCUT2D eigenvalue weighted by atomic mass is 16.5. The molecule has 0 heterocycles. The third-order valence-electron chi connectivity index (χ3n) is 2.41. The van der Waals surface area contributed by atoms with Gasteiger partial charge in [0.15, 0.2) is 0 Å². The highest BCUT2D eigenvalue weighted by Crippen LogP contribution is 2.13. The van der Waals surface area contributed by atoms with Crippen LogP contribution in [0.4, 0.5) is 0 Å². The molecule has 0 amide bonds. The maximum atomic E-state index is 12.5. The van der Waals surface area contributed by atoms with Crippen molar-refractivity contribution in [1.82, 2.24) is 0 Å². The summed E-state index contributed by atoms with van der Waals surface area (Å²) in [7, 11) is 0. The number of hydrogen-bond acceptors (Lipinski definition) is 1. The Morgan fingerprint density at radius 1 is 1.53 bits per heavy atom. The molecule has 1 rings (SSSR count). The summed E-state index contributed by atoms with van der Waals surface area (Å²) >= 11 is 0. The second-order valence-electron chi connectivity index (χ2n) is 3.70. The van der Waals surface area contributed by atoms with Crippen molar-refractivity contribution < 1.29 is 8.76 Å². The molecule has 0 aliphatic heterocycles. The van der Waals surface area contributed by atoms with Gasteiger partial charge in [-0.05, 0) is 18.4 Å². The first-order valence-electron chi connectivity index (χ1n) is 6.37. The molecule has 0 radical (unpaired) electrons. The molecule has 15 heavy (non-hydrogen) atoms. The van der Waals surface area contributed by atoms with E-state index in [1.165, 1.54) is 0 Å². The molecule has 0 N–H and O–H groups in total. The molecule has 1 aromatic rings. The second kappa shape index (κ2) is 4.97. The van der Waals surface area contributed by atoms with Gasteiger partial charge < -0.3 is 9.85 Å². The van der Waals surface area contributed by atoms with E-state index >= 15 is 0 Å². The van der Waals surface area contributed by atoms with Crippen molar-refractivity contribution in [3.63, 3.8) is 0 Å². The molecule has 1 aromatic carbocycles. The van der Waals surface area contributed by atoms with Crippen LogP contribution in [-0.4, -0.2) is 24.2 Å². The highest BCUT2D eigenvalue weighted by molar-refractivity contribution is 5.15. The Hall–Kier alpha value is -1.30. The Kier molecular flexibility index (Phi) is 2.63. The number of hydrogen-bond donors (Lipinski definition) is 0.